The predicted octanol–water partition coefficient (Wildman–Crippen LogP) is 2.13. The molecule has 0 aromatic heterocycles. The average Bonchev–Trinajstić information content (AvgIpc) is 2.52. The minimum atomic E-state index is -4.56. The highest BCUT2D eigenvalue weighted by Crippen LogP contribution is 2.32. The maximum absolute atomic E-state index is 13.2. The summed E-state index contributed by atoms with van der Waals surface area (Å²) >= 11 is 0. The summed E-state index contributed by atoms with van der Waals surface area (Å²) in [5, 5.41) is 2.07. The van der Waals surface area contributed by atoms with E-state index < -0.39 is 24.2 Å². The number of morpholine rings is 1. The lowest BCUT2D eigenvalue weighted by molar-refractivity contribution is -0.168. The number of hydrogen-bond donors (Lipinski definition) is 1. The highest BCUT2D eigenvalue weighted by molar-refractivity contribution is 5.81. The maximum Gasteiger partial charge on any atom is 0.412 e. The number of likely N-dealkylation sites (N-methyl/N-ethyl adjacent to an activating group) is 1. The van der Waals surface area contributed by atoms with Gasteiger partial charge in [-0.15, -0.1) is 0 Å². The van der Waals surface area contributed by atoms with Crippen molar-refractivity contribution in [1.29, 1.82) is 0 Å². The molecule has 1 heterocycles. The molecule has 0 spiro atoms. The SMILES string of the molecule is CCN1CCO[C@H](C(=O)N[C@H](c2ccccc2)C(F)(F)F)C1. The van der Waals surface area contributed by atoms with Crippen LogP contribution in [0, 0.1) is 0 Å². The van der Waals surface area contributed by atoms with Crippen molar-refractivity contribution in [3.63, 3.8) is 0 Å². The first kappa shape index (κ1) is 16.8. The molecule has 1 saturated heterocycles. The molecule has 1 aliphatic rings. The van der Waals surface area contributed by atoms with Crippen molar-refractivity contribution in [2.45, 2.75) is 25.2 Å². The predicted molar refractivity (Wildman–Crippen MR) is 75.2 cm³/mol. The van der Waals surface area contributed by atoms with E-state index in [1.165, 1.54) is 24.3 Å². The number of carbonyl (C=O) groups excluding carboxylic acids is 1. The zero-order valence-electron chi connectivity index (χ0n) is 12.3. The Hall–Kier alpha value is -1.60. The number of halogens is 3. The van der Waals surface area contributed by atoms with Gasteiger partial charge in [-0.2, -0.15) is 13.2 Å². The molecule has 122 valence electrons. The standard InChI is InChI=1S/C15H19F3N2O2/c1-2-20-8-9-22-12(10-20)14(21)19-13(15(16,17)18)11-6-4-3-5-7-11/h3-7,12-13H,2,8-10H2,1H3,(H,19,21)/t12-,13+/m0/s1. The van der Waals surface area contributed by atoms with Gasteiger partial charge in [-0.05, 0) is 12.1 Å². The smallest absolute Gasteiger partial charge is 0.366 e. The molecule has 0 radical (unpaired) electrons. The summed E-state index contributed by atoms with van der Waals surface area (Å²) in [6, 6.07) is 5.31. The highest BCUT2D eigenvalue weighted by atomic mass is 19.4. The number of nitrogens with one attached hydrogen (secondary N) is 1. The van der Waals surface area contributed by atoms with Crippen molar-refractivity contribution in [3.8, 4) is 0 Å². The molecule has 0 aliphatic carbocycles. The summed E-state index contributed by atoms with van der Waals surface area (Å²) in [7, 11) is 0. The second-order valence-electron chi connectivity index (χ2n) is 5.15. The van der Waals surface area contributed by atoms with Gasteiger partial charge in [-0.1, -0.05) is 37.3 Å². The molecular weight excluding hydrogens is 297 g/mol. The van der Waals surface area contributed by atoms with Crippen LogP contribution < -0.4 is 5.32 Å². The number of alkyl halides is 3. The number of carbonyl (C=O) groups is 1. The molecule has 1 aromatic carbocycles. The number of hydrogen-bond acceptors (Lipinski definition) is 3. The third kappa shape index (κ3) is 4.20. The van der Waals surface area contributed by atoms with E-state index in [9.17, 15) is 18.0 Å². The fourth-order valence-electron chi connectivity index (χ4n) is 2.38. The summed E-state index contributed by atoms with van der Waals surface area (Å²) in [5.74, 6) is -0.732. The van der Waals surface area contributed by atoms with Crippen LogP contribution in [-0.4, -0.2) is 49.3 Å². The minimum Gasteiger partial charge on any atom is -0.366 e. The van der Waals surface area contributed by atoms with Crippen LogP contribution in [0.4, 0.5) is 13.2 Å². The van der Waals surface area contributed by atoms with Gasteiger partial charge >= 0.3 is 6.18 Å². The molecule has 4 nitrogen and oxygen atoms in total. The number of nitrogens with zero attached hydrogens (tertiary/aromatic N) is 1. The lowest BCUT2D eigenvalue weighted by Gasteiger charge is -2.32. The van der Waals surface area contributed by atoms with E-state index in [0.717, 1.165) is 6.54 Å². The van der Waals surface area contributed by atoms with Crippen molar-refractivity contribution in [2.75, 3.05) is 26.2 Å². The molecule has 7 heteroatoms. The zero-order chi connectivity index (χ0) is 16.2. The topological polar surface area (TPSA) is 41.6 Å². The Kier molecular flexibility index (Phi) is 5.42. The Labute approximate surface area is 127 Å². The van der Waals surface area contributed by atoms with E-state index in [1.807, 2.05) is 11.8 Å². The van der Waals surface area contributed by atoms with Crippen LogP contribution in [0.15, 0.2) is 30.3 Å². The van der Waals surface area contributed by atoms with Gasteiger partial charge in [-0.3, -0.25) is 9.69 Å². The largest absolute Gasteiger partial charge is 0.412 e. The maximum atomic E-state index is 13.2. The molecule has 2 atom stereocenters. The molecule has 1 fully saturated rings. The summed E-state index contributed by atoms with van der Waals surface area (Å²) in [5.41, 5.74) is 0.00603. The Bertz CT molecular complexity index is 493. The summed E-state index contributed by atoms with van der Waals surface area (Å²) in [6.07, 6.45) is -5.43. The third-order valence-corrected chi connectivity index (χ3v) is 3.64. The van der Waals surface area contributed by atoms with Gasteiger partial charge in [0.1, 0.15) is 6.10 Å². The number of benzene rings is 1. The first-order valence-corrected chi connectivity index (χ1v) is 7.17. The van der Waals surface area contributed by atoms with E-state index >= 15 is 0 Å². The monoisotopic (exact) mass is 316 g/mol. The third-order valence-electron chi connectivity index (χ3n) is 3.64. The van der Waals surface area contributed by atoms with Crippen LogP contribution in [0.5, 0.6) is 0 Å². The van der Waals surface area contributed by atoms with Crippen molar-refractivity contribution < 1.29 is 22.7 Å². The number of amides is 1. The second kappa shape index (κ2) is 7.11. The molecular formula is C15H19F3N2O2. The zero-order valence-corrected chi connectivity index (χ0v) is 12.3. The number of ether oxygens (including phenoxy) is 1. The van der Waals surface area contributed by atoms with Crippen molar-refractivity contribution in [2.24, 2.45) is 0 Å². The van der Waals surface area contributed by atoms with E-state index in [4.69, 9.17) is 4.74 Å². The highest BCUT2D eigenvalue weighted by Gasteiger charge is 2.43. The van der Waals surface area contributed by atoms with Gasteiger partial charge in [0.15, 0.2) is 6.04 Å². The molecule has 0 unspecified atom stereocenters. The van der Waals surface area contributed by atoms with Crippen LogP contribution in [0.1, 0.15) is 18.5 Å². The lowest BCUT2D eigenvalue weighted by Crippen LogP contribution is -2.51. The Morgan fingerprint density at radius 2 is 2.09 bits per heavy atom. The van der Waals surface area contributed by atoms with Crippen LogP contribution in [0.3, 0.4) is 0 Å². The molecule has 1 aromatic rings. The van der Waals surface area contributed by atoms with Crippen LogP contribution >= 0.6 is 0 Å². The van der Waals surface area contributed by atoms with Gasteiger partial charge in [0, 0.05) is 13.1 Å². The van der Waals surface area contributed by atoms with Gasteiger partial charge in [0.2, 0.25) is 0 Å². The first-order chi connectivity index (χ1) is 10.4. The summed E-state index contributed by atoms with van der Waals surface area (Å²) in [6.45, 7) is 3.99. The summed E-state index contributed by atoms with van der Waals surface area (Å²) in [4.78, 5) is 14.1. The van der Waals surface area contributed by atoms with E-state index in [1.54, 1.807) is 6.07 Å². The van der Waals surface area contributed by atoms with E-state index in [-0.39, 0.29) is 5.56 Å². The van der Waals surface area contributed by atoms with Gasteiger partial charge in [-0.25, -0.2) is 0 Å². The lowest BCUT2D eigenvalue weighted by atomic mass is 10.1. The van der Waals surface area contributed by atoms with Crippen LogP contribution in [-0.2, 0) is 9.53 Å². The Morgan fingerprint density at radius 1 is 1.41 bits per heavy atom. The molecule has 1 amide bonds. The average molecular weight is 316 g/mol. The van der Waals surface area contributed by atoms with Crippen molar-refractivity contribution >= 4 is 5.91 Å². The molecule has 1 aliphatic heterocycles. The van der Waals surface area contributed by atoms with Crippen LogP contribution in [0.2, 0.25) is 0 Å². The molecule has 1 N–H and O–H groups in total. The van der Waals surface area contributed by atoms with Gasteiger partial charge in [0.05, 0.1) is 6.61 Å². The van der Waals surface area contributed by atoms with E-state index in [2.05, 4.69) is 5.32 Å². The first-order valence-electron chi connectivity index (χ1n) is 7.17. The molecule has 22 heavy (non-hydrogen) atoms. The van der Waals surface area contributed by atoms with Crippen LogP contribution in [0.25, 0.3) is 0 Å². The van der Waals surface area contributed by atoms with E-state index in [0.29, 0.717) is 19.7 Å². The Morgan fingerprint density at radius 3 is 2.68 bits per heavy atom. The number of rotatable bonds is 4. The quantitative estimate of drug-likeness (QED) is 0.925. The fraction of sp³-hybridized carbons (Fsp3) is 0.533. The second-order valence-corrected chi connectivity index (χ2v) is 5.15. The van der Waals surface area contributed by atoms with Gasteiger partial charge in [0.25, 0.3) is 5.91 Å². The summed E-state index contributed by atoms with van der Waals surface area (Å²) < 4.78 is 44.9. The molecule has 2 rings (SSSR count). The minimum absolute atomic E-state index is 0.00603. The van der Waals surface area contributed by atoms with Crippen molar-refractivity contribution in [1.82, 2.24) is 10.2 Å². The molecule has 0 saturated carbocycles. The normalized spacial score (nSPS) is 21.4. The fourth-order valence-corrected chi connectivity index (χ4v) is 2.38. The molecule has 0 bridgehead atoms. The Balaban J connectivity index is 2.09. The van der Waals surface area contributed by atoms with Gasteiger partial charge < -0.3 is 10.1 Å². The van der Waals surface area contributed by atoms with Crippen molar-refractivity contribution in [3.05, 3.63) is 35.9 Å².